The van der Waals surface area contributed by atoms with Gasteiger partial charge >= 0.3 is 0 Å². The van der Waals surface area contributed by atoms with Gasteiger partial charge in [-0.25, -0.2) is 9.97 Å². The Morgan fingerprint density at radius 2 is 1.65 bits per heavy atom. The molecule has 2 aromatic rings. The van der Waals surface area contributed by atoms with Gasteiger partial charge in [-0.2, -0.15) is 0 Å². The molecule has 2 aromatic heterocycles. The van der Waals surface area contributed by atoms with Gasteiger partial charge in [0, 0.05) is 6.20 Å². The van der Waals surface area contributed by atoms with E-state index >= 15 is 0 Å². The average Bonchev–Trinajstić information content (AvgIpc) is 2.37. The summed E-state index contributed by atoms with van der Waals surface area (Å²) in [5.74, 6) is 0.583. The van der Waals surface area contributed by atoms with Crippen molar-refractivity contribution in [1.82, 2.24) is 15.0 Å². The van der Waals surface area contributed by atoms with Crippen LogP contribution in [0.15, 0.2) is 12.3 Å². The summed E-state index contributed by atoms with van der Waals surface area (Å²) in [5.41, 5.74) is 2.63. The molecule has 0 aromatic carbocycles. The number of pyridine rings is 1. The maximum absolute atomic E-state index is 6.05. The average molecular weight is 310 g/mol. The molecule has 1 fully saturated rings. The van der Waals surface area contributed by atoms with E-state index in [1.165, 1.54) is 50.5 Å². The highest BCUT2D eigenvalue weighted by Crippen LogP contribution is 2.32. The number of nitrogens with zero attached hydrogens (tertiary/aromatic N) is 3. The van der Waals surface area contributed by atoms with Crippen molar-refractivity contribution in [2.75, 3.05) is 0 Å². The van der Waals surface area contributed by atoms with Gasteiger partial charge in [0.25, 0.3) is 0 Å². The predicted octanol–water partition coefficient (Wildman–Crippen LogP) is 5.16. The van der Waals surface area contributed by atoms with Gasteiger partial charge in [0.15, 0.2) is 5.15 Å². The molecule has 5 heteroatoms. The Bertz CT molecular complexity index is 607. The molecule has 3 rings (SSSR count). The lowest BCUT2D eigenvalue weighted by Gasteiger charge is -2.19. The largest absolute Gasteiger partial charge is 0.251 e. The summed E-state index contributed by atoms with van der Waals surface area (Å²) in [6.07, 6.45) is 11.1. The molecule has 2 heterocycles. The SMILES string of the molecule is Clc1nc(Cl)c2ncc(C3CCCCCCC3)cc2n1. The van der Waals surface area contributed by atoms with E-state index in [0.29, 0.717) is 16.6 Å². The van der Waals surface area contributed by atoms with Crippen molar-refractivity contribution in [1.29, 1.82) is 0 Å². The minimum Gasteiger partial charge on any atom is -0.251 e. The smallest absolute Gasteiger partial charge is 0.224 e. The van der Waals surface area contributed by atoms with Crippen molar-refractivity contribution in [2.45, 2.75) is 50.9 Å². The Morgan fingerprint density at radius 1 is 0.950 bits per heavy atom. The topological polar surface area (TPSA) is 38.7 Å². The second kappa shape index (κ2) is 6.23. The summed E-state index contributed by atoms with van der Waals surface area (Å²) in [5, 5.41) is 0.503. The first-order valence-corrected chi connectivity index (χ1v) is 7.98. The fourth-order valence-electron chi connectivity index (χ4n) is 2.98. The standard InChI is InChI=1S/C15H17Cl2N3/c16-14-13-12(19-15(17)20-14)8-11(9-18-13)10-6-4-2-1-3-5-7-10/h8-10H,1-7H2. The van der Waals surface area contributed by atoms with Crippen LogP contribution >= 0.6 is 23.2 Å². The Hall–Kier alpha value is -0.930. The van der Waals surface area contributed by atoms with Gasteiger partial charge in [-0.05, 0) is 42.0 Å². The molecule has 106 valence electrons. The Labute approximate surface area is 128 Å². The molecule has 3 nitrogen and oxygen atoms in total. The van der Waals surface area contributed by atoms with Crippen LogP contribution in [0.5, 0.6) is 0 Å². The number of hydrogen-bond donors (Lipinski definition) is 0. The molecule has 0 N–H and O–H groups in total. The van der Waals surface area contributed by atoms with E-state index in [-0.39, 0.29) is 5.28 Å². The fourth-order valence-corrected chi connectivity index (χ4v) is 3.43. The first-order valence-electron chi connectivity index (χ1n) is 7.23. The molecule has 0 amide bonds. The molecule has 0 saturated heterocycles. The minimum atomic E-state index is 0.180. The van der Waals surface area contributed by atoms with Gasteiger partial charge in [-0.1, -0.05) is 43.7 Å². The van der Waals surface area contributed by atoms with Gasteiger partial charge in [-0.3, -0.25) is 4.98 Å². The van der Waals surface area contributed by atoms with Crippen LogP contribution in [-0.4, -0.2) is 15.0 Å². The van der Waals surface area contributed by atoms with Gasteiger partial charge in [0.1, 0.15) is 5.52 Å². The third kappa shape index (κ3) is 3.04. The van der Waals surface area contributed by atoms with Crippen LogP contribution in [0.1, 0.15) is 56.4 Å². The molecule has 0 atom stereocenters. The van der Waals surface area contributed by atoms with Crippen molar-refractivity contribution in [3.63, 3.8) is 0 Å². The van der Waals surface area contributed by atoms with E-state index < -0.39 is 0 Å². The van der Waals surface area contributed by atoms with Gasteiger partial charge in [0.2, 0.25) is 5.28 Å². The number of rotatable bonds is 1. The van der Waals surface area contributed by atoms with Crippen LogP contribution in [0.4, 0.5) is 0 Å². The zero-order valence-electron chi connectivity index (χ0n) is 11.3. The lowest BCUT2D eigenvalue weighted by atomic mass is 9.86. The molecule has 0 unspecified atom stereocenters. The summed E-state index contributed by atoms with van der Waals surface area (Å²) in [4.78, 5) is 12.6. The summed E-state index contributed by atoms with van der Waals surface area (Å²) >= 11 is 11.9. The van der Waals surface area contributed by atoms with E-state index in [1.807, 2.05) is 6.20 Å². The van der Waals surface area contributed by atoms with Crippen molar-refractivity contribution < 1.29 is 0 Å². The van der Waals surface area contributed by atoms with Gasteiger partial charge < -0.3 is 0 Å². The maximum Gasteiger partial charge on any atom is 0.224 e. The van der Waals surface area contributed by atoms with Gasteiger partial charge in [-0.15, -0.1) is 0 Å². The highest BCUT2D eigenvalue weighted by atomic mass is 35.5. The second-order valence-corrected chi connectivity index (χ2v) is 6.16. The van der Waals surface area contributed by atoms with Crippen LogP contribution in [0, 0.1) is 0 Å². The van der Waals surface area contributed by atoms with Crippen LogP contribution < -0.4 is 0 Å². The second-order valence-electron chi connectivity index (χ2n) is 5.46. The quantitative estimate of drug-likeness (QED) is 0.539. The summed E-state index contributed by atoms with van der Waals surface area (Å²) in [7, 11) is 0. The third-order valence-electron chi connectivity index (χ3n) is 4.06. The Morgan fingerprint density at radius 3 is 2.40 bits per heavy atom. The zero-order chi connectivity index (χ0) is 13.9. The molecule has 1 saturated carbocycles. The van der Waals surface area contributed by atoms with E-state index in [9.17, 15) is 0 Å². The molecule has 0 spiro atoms. The lowest BCUT2D eigenvalue weighted by molar-refractivity contribution is 0.455. The van der Waals surface area contributed by atoms with Crippen LogP contribution in [0.3, 0.4) is 0 Å². The maximum atomic E-state index is 6.05. The summed E-state index contributed by atoms with van der Waals surface area (Å²) < 4.78 is 0. The van der Waals surface area contributed by atoms with Crippen molar-refractivity contribution in [2.24, 2.45) is 0 Å². The number of hydrogen-bond acceptors (Lipinski definition) is 3. The highest BCUT2D eigenvalue weighted by molar-refractivity contribution is 6.35. The Kier molecular flexibility index (Phi) is 4.37. The number of fused-ring (bicyclic) bond motifs is 1. The summed E-state index contributed by atoms with van der Waals surface area (Å²) in [6.45, 7) is 0. The van der Waals surface area contributed by atoms with E-state index in [2.05, 4.69) is 21.0 Å². The first-order chi connectivity index (χ1) is 9.74. The zero-order valence-corrected chi connectivity index (χ0v) is 12.8. The number of aromatic nitrogens is 3. The summed E-state index contributed by atoms with van der Waals surface area (Å²) in [6, 6.07) is 2.08. The van der Waals surface area contributed by atoms with Crippen molar-refractivity contribution in [3.8, 4) is 0 Å². The fraction of sp³-hybridized carbons (Fsp3) is 0.533. The molecule has 0 radical (unpaired) electrons. The predicted molar refractivity (Wildman–Crippen MR) is 82.4 cm³/mol. The number of halogens is 2. The van der Waals surface area contributed by atoms with Crippen molar-refractivity contribution >= 4 is 34.2 Å². The van der Waals surface area contributed by atoms with Crippen LogP contribution in [-0.2, 0) is 0 Å². The van der Waals surface area contributed by atoms with E-state index in [4.69, 9.17) is 23.2 Å². The monoisotopic (exact) mass is 309 g/mol. The molecule has 1 aliphatic carbocycles. The molecule has 20 heavy (non-hydrogen) atoms. The Balaban J connectivity index is 1.94. The first kappa shape index (κ1) is 14.0. The van der Waals surface area contributed by atoms with Crippen molar-refractivity contribution in [3.05, 3.63) is 28.3 Å². The molecule has 0 bridgehead atoms. The third-order valence-corrected chi connectivity index (χ3v) is 4.50. The molecular weight excluding hydrogens is 293 g/mol. The minimum absolute atomic E-state index is 0.180. The van der Waals surface area contributed by atoms with E-state index in [1.54, 1.807) is 0 Å². The van der Waals surface area contributed by atoms with Crippen LogP contribution in [0.2, 0.25) is 10.4 Å². The highest BCUT2D eigenvalue weighted by Gasteiger charge is 2.16. The molecule has 1 aliphatic rings. The normalized spacial score (nSPS) is 17.9. The molecular formula is C15H17Cl2N3. The van der Waals surface area contributed by atoms with E-state index in [0.717, 1.165) is 5.52 Å². The van der Waals surface area contributed by atoms with Crippen LogP contribution in [0.25, 0.3) is 11.0 Å². The molecule has 0 aliphatic heterocycles. The lowest BCUT2D eigenvalue weighted by Crippen LogP contribution is -2.03. The van der Waals surface area contributed by atoms with Gasteiger partial charge in [0.05, 0.1) is 5.52 Å².